The predicted octanol–water partition coefficient (Wildman–Crippen LogP) is 5.31. The van der Waals surface area contributed by atoms with Crippen molar-refractivity contribution in [2.45, 2.75) is 58.9 Å². The summed E-state index contributed by atoms with van der Waals surface area (Å²) in [5, 5.41) is 0.0598. The molecule has 0 saturated heterocycles. The molecule has 0 N–H and O–H groups in total. The van der Waals surface area contributed by atoms with Gasteiger partial charge in [0.15, 0.2) is 14.1 Å². The summed E-state index contributed by atoms with van der Waals surface area (Å²) in [5.41, 5.74) is 0.653. The monoisotopic (exact) mass is 325 g/mol. The van der Waals surface area contributed by atoms with Gasteiger partial charge in [0, 0.05) is 6.20 Å². The van der Waals surface area contributed by atoms with Gasteiger partial charge in [-0.15, -0.1) is 0 Å². The number of hydrogen-bond donors (Lipinski definition) is 0. The van der Waals surface area contributed by atoms with Gasteiger partial charge in [0.25, 0.3) is 0 Å². The van der Waals surface area contributed by atoms with E-state index in [1.807, 2.05) is 13.8 Å². The fraction of sp³-hybridized carbons (Fsp3) is 0.588. The fourth-order valence-corrected chi connectivity index (χ4v) is 3.23. The van der Waals surface area contributed by atoms with Crippen LogP contribution in [0, 0.1) is 5.82 Å². The molecule has 0 aliphatic carbocycles. The van der Waals surface area contributed by atoms with E-state index in [-0.39, 0.29) is 5.04 Å². The van der Waals surface area contributed by atoms with Crippen molar-refractivity contribution in [3.63, 3.8) is 0 Å². The number of rotatable bonds is 6. The van der Waals surface area contributed by atoms with Crippen molar-refractivity contribution in [1.82, 2.24) is 4.98 Å². The summed E-state index contributed by atoms with van der Waals surface area (Å²) >= 11 is 0. The molecule has 5 heteroatoms. The van der Waals surface area contributed by atoms with Crippen molar-refractivity contribution in [1.29, 1.82) is 0 Å². The smallest absolute Gasteiger partial charge is 0.192 e. The van der Waals surface area contributed by atoms with E-state index in [9.17, 15) is 4.39 Å². The van der Waals surface area contributed by atoms with Gasteiger partial charge in [-0.25, -0.2) is 4.39 Å². The third kappa shape index (κ3) is 4.17. The van der Waals surface area contributed by atoms with E-state index in [1.54, 1.807) is 12.3 Å². The van der Waals surface area contributed by atoms with Crippen LogP contribution in [0.25, 0.3) is 5.76 Å². The Bertz CT molecular complexity index is 538. The van der Waals surface area contributed by atoms with Crippen LogP contribution in [-0.4, -0.2) is 19.9 Å². The van der Waals surface area contributed by atoms with Crippen LogP contribution in [-0.2, 0) is 9.16 Å². The molecular weight excluding hydrogens is 297 g/mol. The zero-order valence-electron chi connectivity index (χ0n) is 14.8. The van der Waals surface area contributed by atoms with E-state index < -0.39 is 20.2 Å². The van der Waals surface area contributed by atoms with E-state index in [4.69, 9.17) is 9.16 Å². The number of aromatic nitrogens is 1. The lowest BCUT2D eigenvalue weighted by Crippen LogP contribution is -2.41. The third-order valence-electron chi connectivity index (χ3n) is 4.20. The van der Waals surface area contributed by atoms with Crippen LogP contribution in [0.4, 0.5) is 4.39 Å². The molecule has 0 amide bonds. The predicted molar refractivity (Wildman–Crippen MR) is 91.6 cm³/mol. The van der Waals surface area contributed by atoms with E-state index >= 15 is 0 Å². The van der Waals surface area contributed by atoms with Gasteiger partial charge in [0.05, 0.1) is 18.3 Å². The maximum absolute atomic E-state index is 14.7. The highest BCUT2D eigenvalue weighted by Gasteiger charge is 2.39. The molecule has 0 aliphatic rings. The first kappa shape index (κ1) is 18.8. The van der Waals surface area contributed by atoms with Crippen LogP contribution in [0.15, 0.2) is 18.8 Å². The molecule has 0 fully saturated rings. The average Bonchev–Trinajstić information content (AvgIpc) is 2.37. The Morgan fingerprint density at radius 3 is 2.50 bits per heavy atom. The number of nitrogens with zero attached hydrogens (tertiary/aromatic N) is 1. The Hall–Kier alpha value is -1.20. The SMILES string of the molecule is C=C(OCC)c1ccnc(C(C)O[Si](C)(C)C(C)(C)C)c1F. The second-order valence-corrected chi connectivity index (χ2v) is 11.7. The molecule has 0 bridgehead atoms. The van der Waals surface area contributed by atoms with Crippen molar-refractivity contribution >= 4 is 14.1 Å². The fourth-order valence-electron chi connectivity index (χ4n) is 1.89. The second kappa shape index (κ2) is 6.92. The maximum Gasteiger partial charge on any atom is 0.192 e. The standard InChI is InChI=1S/C17H28FNO2Si/c1-9-20-12(2)14-10-11-19-16(15(14)18)13(3)21-22(7,8)17(4,5)6/h10-11,13H,2,9H2,1,3-8H3. The molecule has 0 spiro atoms. The maximum atomic E-state index is 14.7. The van der Waals surface area contributed by atoms with E-state index in [0.717, 1.165) is 0 Å². The molecule has 1 heterocycles. The molecule has 1 rings (SSSR count). The molecule has 1 aromatic rings. The minimum atomic E-state index is -1.99. The highest BCUT2D eigenvalue weighted by molar-refractivity contribution is 6.74. The molecule has 22 heavy (non-hydrogen) atoms. The molecule has 1 aromatic heterocycles. The van der Waals surface area contributed by atoms with Crippen molar-refractivity contribution in [2.75, 3.05) is 6.61 Å². The van der Waals surface area contributed by atoms with Gasteiger partial charge < -0.3 is 9.16 Å². The number of halogens is 1. The van der Waals surface area contributed by atoms with Crippen LogP contribution < -0.4 is 0 Å². The lowest BCUT2D eigenvalue weighted by Gasteiger charge is -2.38. The summed E-state index contributed by atoms with van der Waals surface area (Å²) in [6, 6.07) is 1.58. The van der Waals surface area contributed by atoms with Crippen molar-refractivity contribution in [3.05, 3.63) is 35.9 Å². The average molecular weight is 326 g/mol. The minimum absolute atomic E-state index is 0.0598. The molecule has 3 nitrogen and oxygen atoms in total. The zero-order chi connectivity index (χ0) is 17.1. The lowest BCUT2D eigenvalue weighted by atomic mass is 10.1. The van der Waals surface area contributed by atoms with Crippen molar-refractivity contribution < 1.29 is 13.6 Å². The Morgan fingerprint density at radius 1 is 1.41 bits per heavy atom. The van der Waals surface area contributed by atoms with Crippen LogP contribution in [0.3, 0.4) is 0 Å². The van der Waals surface area contributed by atoms with Gasteiger partial charge in [-0.2, -0.15) is 0 Å². The summed E-state index contributed by atoms with van der Waals surface area (Å²) in [6.45, 7) is 18.7. The van der Waals surface area contributed by atoms with Crippen molar-refractivity contribution in [3.8, 4) is 0 Å². The molecule has 1 atom stereocenters. The molecule has 124 valence electrons. The minimum Gasteiger partial charge on any atom is -0.494 e. The molecule has 1 unspecified atom stereocenters. The Balaban J connectivity index is 3.07. The van der Waals surface area contributed by atoms with Gasteiger partial charge in [0.1, 0.15) is 11.5 Å². The molecular formula is C17H28FNO2Si. The van der Waals surface area contributed by atoms with Crippen LogP contribution in [0.5, 0.6) is 0 Å². The van der Waals surface area contributed by atoms with E-state index in [2.05, 4.69) is 45.4 Å². The third-order valence-corrected chi connectivity index (χ3v) is 8.75. The lowest BCUT2D eigenvalue weighted by molar-refractivity contribution is 0.193. The second-order valence-electron chi connectivity index (χ2n) is 6.93. The molecule has 0 radical (unpaired) electrons. The Morgan fingerprint density at radius 2 is 2.00 bits per heavy atom. The Kier molecular flexibility index (Phi) is 5.93. The van der Waals surface area contributed by atoms with Crippen LogP contribution >= 0.6 is 0 Å². The largest absolute Gasteiger partial charge is 0.494 e. The topological polar surface area (TPSA) is 31.4 Å². The highest BCUT2D eigenvalue weighted by Crippen LogP contribution is 2.39. The number of hydrogen-bond acceptors (Lipinski definition) is 3. The van der Waals surface area contributed by atoms with Crippen molar-refractivity contribution in [2.24, 2.45) is 0 Å². The van der Waals surface area contributed by atoms with Crippen LogP contribution in [0.2, 0.25) is 18.1 Å². The summed E-state index contributed by atoms with van der Waals surface area (Å²) in [5.74, 6) is -0.0877. The summed E-state index contributed by atoms with van der Waals surface area (Å²) in [6.07, 6.45) is 1.17. The van der Waals surface area contributed by atoms with Gasteiger partial charge >= 0.3 is 0 Å². The molecule has 0 aliphatic heterocycles. The normalized spacial score (nSPS) is 13.8. The van der Waals surface area contributed by atoms with E-state index in [0.29, 0.717) is 23.6 Å². The highest BCUT2D eigenvalue weighted by atomic mass is 28.4. The number of pyridine rings is 1. The first-order valence-corrected chi connectivity index (χ1v) is 10.6. The zero-order valence-corrected chi connectivity index (χ0v) is 15.8. The summed E-state index contributed by atoms with van der Waals surface area (Å²) < 4.78 is 26.2. The van der Waals surface area contributed by atoms with Crippen LogP contribution in [0.1, 0.15) is 52.0 Å². The van der Waals surface area contributed by atoms with Gasteiger partial charge in [-0.3, -0.25) is 4.98 Å². The van der Waals surface area contributed by atoms with Gasteiger partial charge in [-0.1, -0.05) is 27.4 Å². The van der Waals surface area contributed by atoms with Gasteiger partial charge in [-0.05, 0) is 38.0 Å². The molecule has 0 saturated carbocycles. The quantitative estimate of drug-likeness (QED) is 0.524. The van der Waals surface area contributed by atoms with E-state index in [1.165, 1.54) is 0 Å². The first-order chi connectivity index (χ1) is 10.0. The summed E-state index contributed by atoms with van der Waals surface area (Å²) in [7, 11) is -1.99. The summed E-state index contributed by atoms with van der Waals surface area (Å²) in [4.78, 5) is 4.17. The molecule has 0 aromatic carbocycles. The van der Waals surface area contributed by atoms with Gasteiger partial charge in [0.2, 0.25) is 0 Å². The number of ether oxygens (including phenoxy) is 1. The Labute approximate surface area is 134 Å². The first-order valence-electron chi connectivity index (χ1n) is 7.65.